The minimum Gasteiger partial charge on any atom is -0.391 e. The maximum absolute atomic E-state index is 14.1. The molecule has 6 nitrogen and oxygen atoms in total. The van der Waals surface area contributed by atoms with Crippen molar-refractivity contribution in [2.75, 3.05) is 5.32 Å². The van der Waals surface area contributed by atoms with Gasteiger partial charge in [0.05, 0.1) is 6.10 Å². The van der Waals surface area contributed by atoms with Gasteiger partial charge < -0.3 is 10.4 Å². The van der Waals surface area contributed by atoms with E-state index in [2.05, 4.69) is 10.0 Å². The number of rotatable bonds is 5. The summed E-state index contributed by atoms with van der Waals surface area (Å²) < 4.78 is 67.5. The van der Waals surface area contributed by atoms with Crippen LogP contribution in [0.3, 0.4) is 0 Å². The normalized spacial score (nSPS) is 19.6. The van der Waals surface area contributed by atoms with Crippen molar-refractivity contribution in [2.24, 2.45) is 0 Å². The molecule has 3 N–H and O–H groups in total. The Morgan fingerprint density at radius 3 is 2.36 bits per heavy atom. The Bertz CT molecular complexity index is 1010. The molecule has 1 fully saturated rings. The number of hydrogen-bond acceptors (Lipinski definition) is 4. The monoisotopic (exact) mass is 414 g/mol. The number of halogens is 3. The minimum absolute atomic E-state index is 0.0511. The Labute approximate surface area is 159 Å². The average molecular weight is 414 g/mol. The van der Waals surface area contributed by atoms with Crippen molar-refractivity contribution in [1.29, 1.82) is 0 Å². The topological polar surface area (TPSA) is 95.5 Å². The van der Waals surface area contributed by atoms with Gasteiger partial charge in [-0.3, -0.25) is 4.79 Å². The summed E-state index contributed by atoms with van der Waals surface area (Å²) in [6.07, 6.45) is 0.621. The molecule has 2 atom stereocenters. The fraction of sp³-hybridized carbons (Fsp3) is 0.278. The molecule has 1 amide bonds. The van der Waals surface area contributed by atoms with Crippen LogP contribution in [-0.4, -0.2) is 31.6 Å². The lowest BCUT2D eigenvalue weighted by Crippen LogP contribution is -2.40. The zero-order chi connectivity index (χ0) is 20.5. The molecular formula is C18H17F3N2O4S. The van der Waals surface area contributed by atoms with Crippen LogP contribution in [0.2, 0.25) is 0 Å². The highest BCUT2D eigenvalue weighted by Gasteiger charge is 2.31. The minimum atomic E-state index is -4.32. The lowest BCUT2D eigenvalue weighted by Gasteiger charge is -2.17. The molecule has 0 spiro atoms. The number of carbonyl (C=O) groups is 1. The maximum Gasteiger partial charge on any atom is 0.255 e. The van der Waals surface area contributed by atoms with Crippen LogP contribution in [0.25, 0.3) is 0 Å². The van der Waals surface area contributed by atoms with E-state index in [1.54, 1.807) is 0 Å². The van der Waals surface area contributed by atoms with Crippen LogP contribution >= 0.6 is 0 Å². The van der Waals surface area contributed by atoms with Gasteiger partial charge in [-0.25, -0.2) is 26.3 Å². The van der Waals surface area contributed by atoms with E-state index in [0.29, 0.717) is 19.3 Å². The Morgan fingerprint density at radius 1 is 1.00 bits per heavy atom. The number of hydrogen-bond donors (Lipinski definition) is 3. The van der Waals surface area contributed by atoms with Gasteiger partial charge in [0.25, 0.3) is 5.91 Å². The van der Waals surface area contributed by atoms with E-state index in [1.807, 2.05) is 0 Å². The van der Waals surface area contributed by atoms with Crippen LogP contribution in [-0.2, 0) is 10.0 Å². The number of nitrogens with one attached hydrogen (secondary N) is 2. The summed E-state index contributed by atoms with van der Waals surface area (Å²) in [6.45, 7) is 0. The van der Waals surface area contributed by atoms with E-state index in [-0.39, 0.29) is 11.3 Å². The number of amides is 1. The molecule has 0 aliphatic heterocycles. The highest BCUT2D eigenvalue weighted by atomic mass is 32.2. The van der Waals surface area contributed by atoms with Gasteiger partial charge in [-0.15, -0.1) is 0 Å². The molecule has 10 heteroatoms. The number of carbonyl (C=O) groups excluding carboxylic acids is 1. The van der Waals surface area contributed by atoms with Crippen molar-refractivity contribution in [3.63, 3.8) is 0 Å². The van der Waals surface area contributed by atoms with E-state index in [0.717, 1.165) is 36.4 Å². The maximum atomic E-state index is 14.1. The van der Waals surface area contributed by atoms with Crippen molar-refractivity contribution in [3.05, 3.63) is 59.4 Å². The first-order chi connectivity index (χ1) is 13.2. The van der Waals surface area contributed by atoms with Gasteiger partial charge in [0.1, 0.15) is 10.7 Å². The van der Waals surface area contributed by atoms with E-state index < -0.39 is 50.4 Å². The number of benzene rings is 2. The van der Waals surface area contributed by atoms with Crippen LogP contribution in [0.1, 0.15) is 29.6 Å². The first kappa shape index (κ1) is 20.3. The summed E-state index contributed by atoms with van der Waals surface area (Å²) >= 11 is 0. The third-order valence-corrected chi connectivity index (χ3v) is 5.95. The molecule has 2 unspecified atom stereocenters. The van der Waals surface area contributed by atoms with Crippen molar-refractivity contribution >= 4 is 21.6 Å². The fourth-order valence-corrected chi connectivity index (χ4v) is 4.38. The highest BCUT2D eigenvalue weighted by Crippen LogP contribution is 2.23. The van der Waals surface area contributed by atoms with Gasteiger partial charge in [-0.1, -0.05) is 0 Å². The Balaban J connectivity index is 1.83. The summed E-state index contributed by atoms with van der Waals surface area (Å²) in [5.74, 6) is -4.15. The lowest BCUT2D eigenvalue weighted by atomic mass is 10.2. The molecule has 150 valence electrons. The average Bonchev–Trinajstić information content (AvgIpc) is 3.02. The van der Waals surface area contributed by atoms with Gasteiger partial charge in [0.2, 0.25) is 10.0 Å². The smallest absolute Gasteiger partial charge is 0.255 e. The van der Waals surface area contributed by atoms with Gasteiger partial charge in [0.15, 0.2) is 11.6 Å². The van der Waals surface area contributed by atoms with Gasteiger partial charge >= 0.3 is 0 Å². The number of aliphatic hydroxyl groups excluding tert-OH is 1. The SMILES string of the molecule is O=C(Nc1ccc(F)c(F)c1)c1ccc(F)c(S(=O)(=O)NC2CCCC2O)c1. The molecule has 28 heavy (non-hydrogen) atoms. The molecule has 2 aromatic carbocycles. The fourth-order valence-electron chi connectivity index (χ4n) is 2.97. The van der Waals surface area contributed by atoms with Crippen molar-refractivity contribution < 1.29 is 31.5 Å². The van der Waals surface area contributed by atoms with Crippen LogP contribution < -0.4 is 10.0 Å². The van der Waals surface area contributed by atoms with E-state index in [9.17, 15) is 31.5 Å². The Kier molecular flexibility index (Phi) is 5.73. The van der Waals surface area contributed by atoms with Crippen molar-refractivity contribution in [1.82, 2.24) is 4.72 Å². The number of anilines is 1. The third-order valence-electron chi connectivity index (χ3n) is 4.45. The van der Waals surface area contributed by atoms with Crippen molar-refractivity contribution in [2.45, 2.75) is 36.3 Å². The molecule has 2 aromatic rings. The molecule has 0 bridgehead atoms. The molecular weight excluding hydrogens is 397 g/mol. The third kappa shape index (κ3) is 4.34. The largest absolute Gasteiger partial charge is 0.391 e. The molecule has 0 radical (unpaired) electrons. The van der Waals surface area contributed by atoms with Gasteiger partial charge in [0, 0.05) is 23.4 Å². The summed E-state index contributed by atoms with van der Waals surface area (Å²) in [7, 11) is -4.32. The molecule has 0 saturated heterocycles. The van der Waals surface area contributed by atoms with Gasteiger partial charge in [-0.2, -0.15) is 0 Å². The van der Waals surface area contributed by atoms with E-state index in [4.69, 9.17) is 0 Å². The standard InChI is InChI=1S/C18H17F3N2O4S/c19-12-7-5-11(9-14(12)21)22-18(25)10-4-6-13(20)17(8-10)28(26,27)23-15-2-1-3-16(15)24/h4-9,15-16,23-24H,1-3H2,(H,22,25). The molecule has 0 heterocycles. The zero-order valence-electron chi connectivity index (χ0n) is 14.5. The van der Waals surface area contributed by atoms with Crippen LogP contribution in [0.15, 0.2) is 41.3 Å². The molecule has 0 aromatic heterocycles. The summed E-state index contributed by atoms with van der Waals surface area (Å²) in [5, 5.41) is 12.1. The molecule has 1 aliphatic carbocycles. The predicted octanol–water partition coefficient (Wildman–Crippen LogP) is 2.55. The van der Waals surface area contributed by atoms with E-state index in [1.165, 1.54) is 0 Å². The molecule has 3 rings (SSSR count). The van der Waals surface area contributed by atoms with E-state index >= 15 is 0 Å². The molecule has 1 aliphatic rings. The van der Waals surface area contributed by atoms with Crippen LogP contribution in [0.4, 0.5) is 18.9 Å². The zero-order valence-corrected chi connectivity index (χ0v) is 15.3. The second kappa shape index (κ2) is 7.90. The summed E-state index contributed by atoms with van der Waals surface area (Å²) in [4.78, 5) is 11.5. The summed E-state index contributed by atoms with van der Waals surface area (Å²) in [6, 6.07) is 4.70. The quantitative estimate of drug-likeness (QED) is 0.701. The first-order valence-electron chi connectivity index (χ1n) is 8.44. The second-order valence-corrected chi connectivity index (χ2v) is 8.14. The molecule has 1 saturated carbocycles. The lowest BCUT2D eigenvalue weighted by molar-refractivity contribution is 0.102. The van der Waals surface area contributed by atoms with Crippen LogP contribution in [0, 0.1) is 17.5 Å². The second-order valence-electron chi connectivity index (χ2n) is 6.45. The number of aliphatic hydroxyl groups is 1. The predicted molar refractivity (Wildman–Crippen MR) is 94.7 cm³/mol. The highest BCUT2D eigenvalue weighted by molar-refractivity contribution is 7.89. The van der Waals surface area contributed by atoms with Gasteiger partial charge in [-0.05, 0) is 49.6 Å². The number of sulfonamides is 1. The van der Waals surface area contributed by atoms with Crippen LogP contribution in [0.5, 0.6) is 0 Å². The van der Waals surface area contributed by atoms with Crippen molar-refractivity contribution in [3.8, 4) is 0 Å². The Hall–Kier alpha value is -2.43. The first-order valence-corrected chi connectivity index (χ1v) is 9.92. The summed E-state index contributed by atoms with van der Waals surface area (Å²) in [5.41, 5.74) is -0.247. The Morgan fingerprint density at radius 2 is 1.71 bits per heavy atom.